The summed E-state index contributed by atoms with van der Waals surface area (Å²) < 4.78 is 23.7. The van der Waals surface area contributed by atoms with Gasteiger partial charge in [-0.05, 0) is 12.8 Å². The molecule has 88 valence electrons. The van der Waals surface area contributed by atoms with Gasteiger partial charge in [0.1, 0.15) is 5.37 Å². The highest BCUT2D eigenvalue weighted by atomic mass is 32.2. The third-order valence-electron chi connectivity index (χ3n) is 2.81. The fourth-order valence-electron chi connectivity index (χ4n) is 1.93. The quantitative estimate of drug-likeness (QED) is 0.739. The van der Waals surface area contributed by atoms with Gasteiger partial charge >= 0.3 is 5.97 Å². The molecule has 1 aliphatic rings. The second kappa shape index (κ2) is 4.94. The summed E-state index contributed by atoms with van der Waals surface area (Å²) in [6.07, 6.45) is 3.58. The van der Waals surface area contributed by atoms with Crippen LogP contribution in [-0.4, -0.2) is 30.1 Å². The Bertz CT molecular complexity index is 319. The van der Waals surface area contributed by atoms with Crippen LogP contribution in [0.15, 0.2) is 0 Å². The van der Waals surface area contributed by atoms with Gasteiger partial charge in [0, 0.05) is 0 Å². The minimum Gasteiger partial charge on any atom is -0.481 e. The van der Waals surface area contributed by atoms with E-state index in [9.17, 15) is 13.2 Å². The molecule has 5 nitrogen and oxygen atoms in total. The standard InChI is InChI=1S/C9H17NO4S/c10-8(6-9(11)12)15(13,14)7-4-2-1-3-5-7/h7-8H,1-6,10H2,(H,11,12). The summed E-state index contributed by atoms with van der Waals surface area (Å²) in [6, 6.07) is 0. The van der Waals surface area contributed by atoms with E-state index in [0.29, 0.717) is 12.8 Å². The molecule has 0 aliphatic heterocycles. The average Bonchev–Trinajstić information content (AvgIpc) is 2.18. The van der Waals surface area contributed by atoms with E-state index in [1.807, 2.05) is 0 Å². The molecule has 15 heavy (non-hydrogen) atoms. The number of rotatable bonds is 4. The largest absolute Gasteiger partial charge is 0.481 e. The summed E-state index contributed by atoms with van der Waals surface area (Å²) in [4.78, 5) is 10.4. The number of hydrogen-bond donors (Lipinski definition) is 2. The van der Waals surface area contributed by atoms with Crippen LogP contribution in [0.2, 0.25) is 0 Å². The first kappa shape index (κ1) is 12.4. The van der Waals surface area contributed by atoms with Gasteiger partial charge in [-0.15, -0.1) is 0 Å². The van der Waals surface area contributed by atoms with E-state index in [1.165, 1.54) is 0 Å². The maximum absolute atomic E-state index is 11.8. The minimum absolute atomic E-state index is 0.430. The zero-order valence-electron chi connectivity index (χ0n) is 8.55. The molecule has 0 saturated heterocycles. The molecule has 6 heteroatoms. The lowest BCUT2D eigenvalue weighted by molar-refractivity contribution is -0.137. The molecule has 0 heterocycles. The summed E-state index contributed by atoms with van der Waals surface area (Å²) in [5, 5.41) is 6.82. The zero-order valence-corrected chi connectivity index (χ0v) is 9.37. The van der Waals surface area contributed by atoms with Crippen molar-refractivity contribution in [1.82, 2.24) is 0 Å². The molecule has 0 aromatic rings. The number of carbonyl (C=O) groups is 1. The maximum Gasteiger partial charge on any atom is 0.305 e. The number of carboxylic acids is 1. The Balaban J connectivity index is 2.67. The lowest BCUT2D eigenvalue weighted by Crippen LogP contribution is -2.40. The van der Waals surface area contributed by atoms with Crippen molar-refractivity contribution in [2.45, 2.75) is 49.1 Å². The first-order valence-electron chi connectivity index (χ1n) is 5.14. The molecule has 3 N–H and O–H groups in total. The average molecular weight is 235 g/mol. The van der Waals surface area contributed by atoms with E-state index in [4.69, 9.17) is 10.8 Å². The van der Waals surface area contributed by atoms with Crippen LogP contribution < -0.4 is 5.73 Å². The Morgan fingerprint density at radius 2 is 1.87 bits per heavy atom. The molecule has 0 aromatic heterocycles. The first-order chi connectivity index (χ1) is 6.94. The molecule has 0 amide bonds. The fraction of sp³-hybridized carbons (Fsp3) is 0.889. The van der Waals surface area contributed by atoms with Gasteiger partial charge in [0.2, 0.25) is 0 Å². The van der Waals surface area contributed by atoms with Crippen molar-refractivity contribution < 1.29 is 18.3 Å². The lowest BCUT2D eigenvalue weighted by atomic mass is 10.0. The van der Waals surface area contributed by atoms with Gasteiger partial charge in [0.15, 0.2) is 9.84 Å². The molecular weight excluding hydrogens is 218 g/mol. The summed E-state index contributed by atoms with van der Waals surface area (Å²) in [5.41, 5.74) is 5.41. The van der Waals surface area contributed by atoms with Crippen LogP contribution in [0, 0.1) is 0 Å². The molecule has 1 atom stereocenters. The fourth-order valence-corrected chi connectivity index (χ4v) is 3.79. The number of carboxylic acid groups (broad SMARTS) is 1. The molecule has 0 spiro atoms. The van der Waals surface area contributed by atoms with Gasteiger partial charge in [0.25, 0.3) is 0 Å². The van der Waals surface area contributed by atoms with Crippen molar-refractivity contribution in [2.75, 3.05) is 0 Å². The Hall–Kier alpha value is -0.620. The summed E-state index contributed by atoms with van der Waals surface area (Å²) in [7, 11) is -3.46. The van der Waals surface area contributed by atoms with E-state index in [0.717, 1.165) is 19.3 Å². The SMILES string of the molecule is NC(CC(=O)O)S(=O)(=O)C1CCCCC1. The van der Waals surface area contributed by atoms with Crippen molar-refractivity contribution in [1.29, 1.82) is 0 Å². The van der Waals surface area contributed by atoms with Gasteiger partial charge in [0.05, 0.1) is 11.7 Å². The second-order valence-electron chi connectivity index (χ2n) is 3.99. The zero-order chi connectivity index (χ0) is 11.5. The highest BCUT2D eigenvalue weighted by molar-refractivity contribution is 7.92. The summed E-state index contributed by atoms with van der Waals surface area (Å²) >= 11 is 0. The number of hydrogen-bond acceptors (Lipinski definition) is 4. The Morgan fingerprint density at radius 3 is 2.33 bits per heavy atom. The first-order valence-corrected chi connectivity index (χ1v) is 6.75. The normalized spacial score (nSPS) is 21.1. The van der Waals surface area contributed by atoms with Crippen molar-refractivity contribution >= 4 is 15.8 Å². The highest BCUT2D eigenvalue weighted by Crippen LogP contribution is 2.25. The van der Waals surface area contributed by atoms with Crippen LogP contribution in [0.1, 0.15) is 38.5 Å². The molecule has 1 rings (SSSR count). The molecule has 1 aliphatic carbocycles. The lowest BCUT2D eigenvalue weighted by Gasteiger charge is -2.24. The molecule has 1 fully saturated rings. The third kappa shape index (κ3) is 3.17. The van der Waals surface area contributed by atoms with Crippen LogP contribution in [0.3, 0.4) is 0 Å². The van der Waals surface area contributed by atoms with Gasteiger partial charge < -0.3 is 10.8 Å². The predicted molar refractivity (Wildman–Crippen MR) is 56.0 cm³/mol. The van der Waals surface area contributed by atoms with E-state index < -0.39 is 32.9 Å². The molecule has 0 aromatic carbocycles. The Morgan fingerprint density at radius 1 is 1.33 bits per heavy atom. The third-order valence-corrected chi connectivity index (χ3v) is 5.23. The molecule has 0 radical (unpaired) electrons. The van der Waals surface area contributed by atoms with E-state index in [2.05, 4.69) is 0 Å². The van der Waals surface area contributed by atoms with Crippen LogP contribution in [-0.2, 0) is 14.6 Å². The summed E-state index contributed by atoms with van der Waals surface area (Å²) in [5.74, 6) is -1.16. The molecule has 1 saturated carbocycles. The number of sulfone groups is 1. The van der Waals surface area contributed by atoms with Crippen molar-refractivity contribution in [3.05, 3.63) is 0 Å². The smallest absolute Gasteiger partial charge is 0.305 e. The van der Waals surface area contributed by atoms with Gasteiger partial charge in [-0.3, -0.25) is 4.79 Å². The Kier molecular flexibility index (Phi) is 4.10. The number of aliphatic carboxylic acids is 1. The Labute approximate surface area is 89.6 Å². The van der Waals surface area contributed by atoms with E-state index in [-0.39, 0.29) is 0 Å². The summed E-state index contributed by atoms with van der Waals surface area (Å²) in [6.45, 7) is 0. The van der Waals surface area contributed by atoms with Gasteiger partial charge in [-0.25, -0.2) is 8.42 Å². The highest BCUT2D eigenvalue weighted by Gasteiger charge is 2.33. The predicted octanol–water partition coefficient (Wildman–Crippen LogP) is 0.493. The van der Waals surface area contributed by atoms with E-state index in [1.54, 1.807) is 0 Å². The van der Waals surface area contributed by atoms with Crippen molar-refractivity contribution in [2.24, 2.45) is 5.73 Å². The van der Waals surface area contributed by atoms with Crippen LogP contribution in [0.25, 0.3) is 0 Å². The molecule has 0 bridgehead atoms. The number of nitrogens with two attached hydrogens (primary N) is 1. The van der Waals surface area contributed by atoms with Crippen molar-refractivity contribution in [3.8, 4) is 0 Å². The molecular formula is C9H17NO4S. The van der Waals surface area contributed by atoms with Crippen LogP contribution in [0.4, 0.5) is 0 Å². The van der Waals surface area contributed by atoms with Crippen LogP contribution >= 0.6 is 0 Å². The second-order valence-corrected chi connectivity index (χ2v) is 6.44. The minimum atomic E-state index is -3.46. The van der Waals surface area contributed by atoms with E-state index >= 15 is 0 Å². The van der Waals surface area contributed by atoms with Gasteiger partial charge in [-0.2, -0.15) is 0 Å². The monoisotopic (exact) mass is 235 g/mol. The van der Waals surface area contributed by atoms with Crippen molar-refractivity contribution in [3.63, 3.8) is 0 Å². The van der Waals surface area contributed by atoms with Gasteiger partial charge in [-0.1, -0.05) is 19.3 Å². The molecule has 1 unspecified atom stereocenters. The maximum atomic E-state index is 11.8. The van der Waals surface area contributed by atoms with Crippen LogP contribution in [0.5, 0.6) is 0 Å². The topological polar surface area (TPSA) is 97.5 Å².